The second kappa shape index (κ2) is 13.1. The molecule has 15 rings (SSSR count). The average Bonchev–Trinajstić information content (AvgIpc) is 3.87. The maximum absolute atomic E-state index is 2.66. The van der Waals surface area contributed by atoms with Crippen molar-refractivity contribution in [2.75, 3.05) is 4.90 Å². The van der Waals surface area contributed by atoms with Gasteiger partial charge >= 0.3 is 0 Å². The third-order valence-electron chi connectivity index (χ3n) is 17.7. The summed E-state index contributed by atoms with van der Waals surface area (Å²) in [7, 11) is 0. The minimum Gasteiger partial charge on any atom is -0.310 e. The Hall–Kier alpha value is -6.44. The Balaban J connectivity index is 0.961. The first-order chi connectivity index (χ1) is 31.3. The van der Waals surface area contributed by atoms with E-state index in [1.807, 2.05) is 0 Å². The molecule has 1 atom stereocenters. The second-order valence-corrected chi connectivity index (χ2v) is 21.0. The lowest BCUT2D eigenvalue weighted by atomic mass is 9.43. The molecule has 8 aromatic carbocycles. The van der Waals surface area contributed by atoms with Crippen LogP contribution in [0.5, 0.6) is 0 Å². The van der Waals surface area contributed by atoms with E-state index >= 15 is 0 Å². The number of rotatable bonds is 5. The maximum atomic E-state index is 2.66. The monoisotopic (exact) mass is 823 g/mol. The van der Waals surface area contributed by atoms with Crippen LogP contribution in [0.15, 0.2) is 182 Å². The quantitative estimate of drug-likeness (QED) is 0.167. The topological polar surface area (TPSA) is 3.24 Å². The summed E-state index contributed by atoms with van der Waals surface area (Å²) in [5.74, 6) is 3.23. The molecule has 0 saturated heterocycles. The van der Waals surface area contributed by atoms with E-state index in [9.17, 15) is 0 Å². The zero-order chi connectivity index (χ0) is 42.5. The summed E-state index contributed by atoms with van der Waals surface area (Å²) in [5.41, 5.74) is 24.4. The number of benzene rings is 8. The summed E-state index contributed by atoms with van der Waals surface area (Å²) >= 11 is 0. The van der Waals surface area contributed by atoms with Gasteiger partial charge in [-0.1, -0.05) is 159 Å². The summed E-state index contributed by atoms with van der Waals surface area (Å²) in [6.07, 6.45) is 6.98. The fraction of sp³-hybridized carbons (Fsp3) is 0.238. The van der Waals surface area contributed by atoms with Crippen LogP contribution in [0.4, 0.5) is 17.1 Å². The van der Waals surface area contributed by atoms with Crippen molar-refractivity contribution >= 4 is 17.1 Å². The van der Waals surface area contributed by atoms with Crippen LogP contribution in [-0.4, -0.2) is 0 Å². The van der Waals surface area contributed by atoms with Gasteiger partial charge in [0.2, 0.25) is 0 Å². The van der Waals surface area contributed by atoms with Crippen LogP contribution < -0.4 is 4.90 Å². The van der Waals surface area contributed by atoms with E-state index in [4.69, 9.17) is 0 Å². The number of hydrogen-bond donors (Lipinski definition) is 0. The third kappa shape index (κ3) is 4.75. The van der Waals surface area contributed by atoms with Crippen LogP contribution in [-0.2, 0) is 16.2 Å². The molecule has 7 aliphatic carbocycles. The van der Waals surface area contributed by atoms with Gasteiger partial charge in [0.15, 0.2) is 0 Å². The summed E-state index contributed by atoms with van der Waals surface area (Å²) < 4.78 is 0. The lowest BCUT2D eigenvalue weighted by Crippen LogP contribution is -2.55. The number of anilines is 3. The highest BCUT2D eigenvalue weighted by atomic mass is 15.1. The molecule has 0 N–H and O–H groups in total. The van der Waals surface area contributed by atoms with Gasteiger partial charge in [0.25, 0.3) is 0 Å². The van der Waals surface area contributed by atoms with Gasteiger partial charge in [-0.3, -0.25) is 0 Å². The Morgan fingerprint density at radius 2 is 0.859 bits per heavy atom. The van der Waals surface area contributed by atoms with Crippen LogP contribution in [0.3, 0.4) is 0 Å². The van der Waals surface area contributed by atoms with Crippen molar-refractivity contribution in [2.45, 2.75) is 69.1 Å². The van der Waals surface area contributed by atoms with Crippen molar-refractivity contribution < 1.29 is 0 Å². The smallest absolute Gasteiger partial charge is 0.0465 e. The first-order valence-electron chi connectivity index (χ1n) is 24.0. The minimum absolute atomic E-state index is 0.0868. The fourth-order valence-corrected chi connectivity index (χ4v) is 15.3. The predicted octanol–water partition coefficient (Wildman–Crippen LogP) is 16.2. The molecule has 1 unspecified atom stereocenters. The van der Waals surface area contributed by atoms with Gasteiger partial charge in [-0.25, -0.2) is 0 Å². The highest BCUT2D eigenvalue weighted by Gasteiger charge is 2.61. The van der Waals surface area contributed by atoms with Crippen molar-refractivity contribution in [3.8, 4) is 44.5 Å². The van der Waals surface area contributed by atoms with E-state index in [2.05, 4.69) is 208 Å². The molecular formula is C63H53N. The SMILES string of the molecule is CC1(C)c2ccccc2-c2cccc(-c3ccc(N(c4ccc5c(c4)C(C)(c4ccccc4)c4ccccc4-5)c4ccc5c(c4)C4(c6ccccc6-5)C5CC6CC(C5)CC4C6)cc3)c21. The molecule has 1 nitrogen and oxygen atoms in total. The van der Waals surface area contributed by atoms with Gasteiger partial charge < -0.3 is 4.90 Å². The van der Waals surface area contributed by atoms with Gasteiger partial charge in [0, 0.05) is 33.3 Å². The summed E-state index contributed by atoms with van der Waals surface area (Å²) in [4.78, 5) is 2.58. The Bertz CT molecular complexity index is 3190. The molecule has 1 heteroatoms. The van der Waals surface area contributed by atoms with Crippen molar-refractivity contribution in [3.05, 3.63) is 221 Å². The summed E-state index contributed by atoms with van der Waals surface area (Å²) in [5, 5.41) is 0. The Morgan fingerprint density at radius 3 is 1.53 bits per heavy atom. The number of nitrogens with zero attached hydrogens (tertiary/aromatic N) is 1. The van der Waals surface area contributed by atoms with Crippen molar-refractivity contribution in [1.29, 1.82) is 0 Å². The number of fused-ring (bicyclic) bond motifs is 9. The van der Waals surface area contributed by atoms with Gasteiger partial charge in [0.05, 0.1) is 0 Å². The molecule has 1 spiro atoms. The van der Waals surface area contributed by atoms with Crippen molar-refractivity contribution in [3.63, 3.8) is 0 Å². The fourth-order valence-electron chi connectivity index (χ4n) is 15.3. The molecular weight excluding hydrogens is 771 g/mol. The molecule has 64 heavy (non-hydrogen) atoms. The molecule has 0 amide bonds. The van der Waals surface area contributed by atoms with Crippen LogP contribution in [0.2, 0.25) is 0 Å². The highest BCUT2D eigenvalue weighted by Crippen LogP contribution is 2.70. The standard InChI is InChI=1S/C63H53N/c1-61(2)55-21-10-7-18-51(55)54-20-13-19-48(60(54)61)41-24-26-45(27-25-41)64(46-28-30-52-49-16-8-11-22-56(49)62(3,58(52)37-46)42-14-5-4-6-15-42)47-29-31-53-50-17-9-12-23-57(50)63(59(53)38-47)43-33-39-32-40(35-43)36-44(63)34-39/h4-31,37-40,43-44H,32-36H2,1-3H3. The highest BCUT2D eigenvalue weighted by molar-refractivity contribution is 5.92. The Kier molecular flexibility index (Phi) is 7.56. The Morgan fingerprint density at radius 1 is 0.375 bits per heavy atom. The minimum atomic E-state index is -0.291. The molecule has 0 aliphatic heterocycles. The zero-order valence-electron chi connectivity index (χ0n) is 37.1. The first-order valence-corrected chi connectivity index (χ1v) is 24.0. The molecule has 8 aromatic rings. The molecule has 0 heterocycles. The van der Waals surface area contributed by atoms with Gasteiger partial charge in [-0.15, -0.1) is 0 Å². The lowest BCUT2D eigenvalue weighted by Gasteiger charge is -2.61. The maximum Gasteiger partial charge on any atom is 0.0465 e. The molecule has 7 aliphatic rings. The molecule has 0 radical (unpaired) electrons. The van der Waals surface area contributed by atoms with Gasteiger partial charge in [-0.05, 0) is 183 Å². The van der Waals surface area contributed by atoms with E-state index in [0.29, 0.717) is 11.8 Å². The normalized spacial score (nSPS) is 25.4. The van der Waals surface area contributed by atoms with Crippen molar-refractivity contribution in [1.82, 2.24) is 0 Å². The lowest BCUT2D eigenvalue weighted by molar-refractivity contribution is -0.0399. The molecule has 0 aromatic heterocycles. The van der Waals surface area contributed by atoms with Crippen LogP contribution >= 0.6 is 0 Å². The van der Waals surface area contributed by atoms with Gasteiger partial charge in [-0.2, -0.15) is 0 Å². The summed E-state index contributed by atoms with van der Waals surface area (Å²) in [6, 6.07) is 70.2. The third-order valence-corrected chi connectivity index (χ3v) is 17.7. The zero-order valence-corrected chi connectivity index (χ0v) is 37.1. The van der Waals surface area contributed by atoms with Crippen LogP contribution in [0, 0.1) is 23.7 Å². The van der Waals surface area contributed by atoms with Gasteiger partial charge in [0.1, 0.15) is 0 Å². The number of hydrogen-bond acceptors (Lipinski definition) is 1. The predicted molar refractivity (Wildman–Crippen MR) is 265 cm³/mol. The second-order valence-electron chi connectivity index (χ2n) is 21.0. The van der Waals surface area contributed by atoms with Crippen LogP contribution in [0.1, 0.15) is 91.8 Å². The summed E-state index contributed by atoms with van der Waals surface area (Å²) in [6.45, 7) is 7.24. The Labute approximate surface area is 378 Å². The largest absolute Gasteiger partial charge is 0.310 e. The first kappa shape index (κ1) is 37.0. The van der Waals surface area contributed by atoms with E-state index in [1.165, 1.54) is 121 Å². The van der Waals surface area contributed by atoms with Crippen LogP contribution in [0.25, 0.3) is 44.5 Å². The van der Waals surface area contributed by atoms with E-state index < -0.39 is 0 Å². The molecule has 4 fully saturated rings. The van der Waals surface area contributed by atoms with E-state index in [0.717, 1.165) is 11.8 Å². The molecule has 310 valence electrons. The van der Waals surface area contributed by atoms with Crippen molar-refractivity contribution in [2.24, 2.45) is 23.7 Å². The van der Waals surface area contributed by atoms with E-state index in [1.54, 1.807) is 11.1 Å². The molecule has 4 bridgehead atoms. The average molecular weight is 824 g/mol. The van der Waals surface area contributed by atoms with E-state index in [-0.39, 0.29) is 16.2 Å². The molecule has 4 saturated carbocycles.